The number of amides is 2. The molecule has 1 saturated carbocycles. The van der Waals surface area contributed by atoms with E-state index in [1.807, 2.05) is 0 Å². The van der Waals surface area contributed by atoms with Gasteiger partial charge >= 0.3 is 0 Å². The molecule has 0 aliphatic heterocycles. The molecule has 2 amide bonds. The van der Waals surface area contributed by atoms with Crippen LogP contribution in [0.1, 0.15) is 36.0 Å². The van der Waals surface area contributed by atoms with Crippen LogP contribution in [0.15, 0.2) is 24.3 Å². The molecule has 0 bridgehead atoms. The van der Waals surface area contributed by atoms with Crippen LogP contribution in [0.2, 0.25) is 0 Å². The van der Waals surface area contributed by atoms with Gasteiger partial charge in [-0.25, -0.2) is 0 Å². The lowest BCUT2D eigenvalue weighted by Gasteiger charge is -2.12. The molecule has 0 spiro atoms. The number of carbonyl (C=O) groups excluding carboxylic acids is 2. The highest BCUT2D eigenvalue weighted by Crippen LogP contribution is 2.19. The summed E-state index contributed by atoms with van der Waals surface area (Å²) in [5, 5.41) is 3.00. The number of primary amides is 1. The Kier molecular flexibility index (Phi) is 4.39. The van der Waals surface area contributed by atoms with Crippen molar-refractivity contribution in [3.8, 4) is 5.75 Å². The molecule has 1 aliphatic carbocycles. The first-order valence-corrected chi connectivity index (χ1v) is 6.47. The zero-order chi connectivity index (χ0) is 13.7. The number of hydrogen-bond acceptors (Lipinski definition) is 3. The molecule has 1 fully saturated rings. The predicted octanol–water partition coefficient (Wildman–Crippen LogP) is 1.22. The van der Waals surface area contributed by atoms with Crippen molar-refractivity contribution in [3.63, 3.8) is 0 Å². The van der Waals surface area contributed by atoms with Crippen LogP contribution >= 0.6 is 0 Å². The van der Waals surface area contributed by atoms with Gasteiger partial charge in [-0.1, -0.05) is 18.9 Å². The van der Waals surface area contributed by atoms with Crippen LogP contribution in [0.5, 0.6) is 5.75 Å². The summed E-state index contributed by atoms with van der Waals surface area (Å²) in [6.07, 6.45) is 4.44. The number of benzene rings is 1. The molecule has 0 atom stereocenters. The van der Waals surface area contributed by atoms with Gasteiger partial charge in [0, 0.05) is 11.6 Å². The van der Waals surface area contributed by atoms with Crippen molar-refractivity contribution in [2.24, 2.45) is 5.73 Å². The molecule has 5 heteroatoms. The second-order valence-corrected chi connectivity index (χ2v) is 4.74. The fraction of sp³-hybridized carbons (Fsp3) is 0.429. The van der Waals surface area contributed by atoms with E-state index in [1.54, 1.807) is 24.3 Å². The maximum Gasteiger partial charge on any atom is 0.255 e. The Morgan fingerprint density at radius 2 is 2.05 bits per heavy atom. The minimum absolute atomic E-state index is 0.101. The third-order valence-electron chi connectivity index (χ3n) is 3.17. The lowest BCUT2D eigenvalue weighted by Crippen LogP contribution is -2.32. The van der Waals surface area contributed by atoms with Crippen molar-refractivity contribution >= 4 is 11.8 Å². The highest BCUT2D eigenvalue weighted by atomic mass is 16.5. The molecule has 3 N–H and O–H groups in total. The molecule has 19 heavy (non-hydrogen) atoms. The Hall–Kier alpha value is -2.04. The summed E-state index contributed by atoms with van der Waals surface area (Å²) < 4.78 is 5.17. The molecule has 1 aliphatic rings. The van der Waals surface area contributed by atoms with Crippen molar-refractivity contribution in [1.29, 1.82) is 0 Å². The van der Waals surface area contributed by atoms with E-state index in [4.69, 9.17) is 10.5 Å². The van der Waals surface area contributed by atoms with Crippen molar-refractivity contribution in [3.05, 3.63) is 29.8 Å². The molecule has 0 aromatic heterocycles. The van der Waals surface area contributed by atoms with E-state index in [-0.39, 0.29) is 18.6 Å². The van der Waals surface area contributed by atoms with Gasteiger partial charge in [0.25, 0.3) is 11.8 Å². The smallest absolute Gasteiger partial charge is 0.255 e. The molecule has 2 rings (SSSR count). The number of nitrogens with two attached hydrogens (primary N) is 1. The average Bonchev–Trinajstić information content (AvgIpc) is 2.89. The second-order valence-electron chi connectivity index (χ2n) is 4.74. The SMILES string of the molecule is NC(=O)COc1cccc(C(=O)NC2CCCC2)c1. The van der Waals surface area contributed by atoms with E-state index < -0.39 is 5.91 Å². The Morgan fingerprint density at radius 1 is 1.32 bits per heavy atom. The Balaban J connectivity index is 1.96. The summed E-state index contributed by atoms with van der Waals surface area (Å²) in [6, 6.07) is 7.03. The molecule has 0 heterocycles. The summed E-state index contributed by atoms with van der Waals surface area (Å²) in [6.45, 7) is -0.187. The number of hydrogen-bond donors (Lipinski definition) is 2. The van der Waals surface area contributed by atoms with Gasteiger partial charge in [-0.2, -0.15) is 0 Å². The monoisotopic (exact) mass is 262 g/mol. The van der Waals surface area contributed by atoms with Gasteiger partial charge in [-0.05, 0) is 31.0 Å². The maximum absolute atomic E-state index is 12.0. The van der Waals surface area contributed by atoms with E-state index in [0.717, 1.165) is 12.8 Å². The predicted molar refractivity (Wildman–Crippen MR) is 70.9 cm³/mol. The molecular weight excluding hydrogens is 244 g/mol. The standard InChI is InChI=1S/C14H18N2O3/c15-13(17)9-19-12-7-3-4-10(8-12)14(18)16-11-5-1-2-6-11/h3-4,7-8,11H,1-2,5-6,9H2,(H2,15,17)(H,16,18). The zero-order valence-corrected chi connectivity index (χ0v) is 10.7. The number of nitrogens with one attached hydrogen (secondary N) is 1. The van der Waals surface area contributed by atoms with Gasteiger partial charge in [0.2, 0.25) is 0 Å². The van der Waals surface area contributed by atoms with E-state index in [9.17, 15) is 9.59 Å². The maximum atomic E-state index is 12.0. The summed E-state index contributed by atoms with van der Waals surface area (Å²) in [4.78, 5) is 22.7. The van der Waals surface area contributed by atoms with E-state index >= 15 is 0 Å². The van der Waals surface area contributed by atoms with E-state index in [2.05, 4.69) is 5.32 Å². The van der Waals surface area contributed by atoms with Crippen LogP contribution in [0.25, 0.3) is 0 Å². The fourth-order valence-electron chi connectivity index (χ4n) is 2.22. The Bertz CT molecular complexity index is 468. The van der Waals surface area contributed by atoms with E-state index in [1.165, 1.54) is 12.8 Å². The molecule has 1 aromatic carbocycles. The summed E-state index contributed by atoms with van der Waals surface area (Å²) in [5.74, 6) is -0.171. The quantitative estimate of drug-likeness (QED) is 0.837. The van der Waals surface area contributed by atoms with Gasteiger partial charge in [0.1, 0.15) is 5.75 Å². The normalized spacial score (nSPS) is 15.2. The fourth-order valence-corrected chi connectivity index (χ4v) is 2.22. The molecule has 0 saturated heterocycles. The van der Waals surface area contributed by atoms with E-state index in [0.29, 0.717) is 11.3 Å². The highest BCUT2D eigenvalue weighted by molar-refractivity contribution is 5.94. The zero-order valence-electron chi connectivity index (χ0n) is 10.7. The summed E-state index contributed by atoms with van der Waals surface area (Å²) >= 11 is 0. The number of rotatable bonds is 5. The summed E-state index contributed by atoms with van der Waals surface area (Å²) in [7, 11) is 0. The largest absolute Gasteiger partial charge is 0.484 e. The minimum atomic E-state index is -0.541. The molecule has 1 aromatic rings. The third kappa shape index (κ3) is 3.98. The van der Waals surface area contributed by atoms with Gasteiger partial charge in [-0.15, -0.1) is 0 Å². The van der Waals surface area contributed by atoms with Crippen molar-refractivity contribution in [2.75, 3.05) is 6.61 Å². The molecule has 0 unspecified atom stereocenters. The Labute approximate surface area is 112 Å². The lowest BCUT2D eigenvalue weighted by atomic mass is 10.1. The molecule has 5 nitrogen and oxygen atoms in total. The van der Waals surface area contributed by atoms with Crippen molar-refractivity contribution in [2.45, 2.75) is 31.7 Å². The Morgan fingerprint density at radius 3 is 2.74 bits per heavy atom. The minimum Gasteiger partial charge on any atom is -0.484 e. The van der Waals surface area contributed by atoms with Crippen molar-refractivity contribution in [1.82, 2.24) is 5.32 Å². The van der Waals surface area contributed by atoms with Gasteiger partial charge in [0.15, 0.2) is 6.61 Å². The van der Waals surface area contributed by atoms with Crippen molar-refractivity contribution < 1.29 is 14.3 Å². The van der Waals surface area contributed by atoms with Crippen LogP contribution in [0.3, 0.4) is 0 Å². The first kappa shape index (κ1) is 13.4. The molecule has 0 radical (unpaired) electrons. The van der Waals surface area contributed by atoms with Crippen LogP contribution in [0.4, 0.5) is 0 Å². The van der Waals surface area contributed by atoms with Gasteiger partial charge < -0.3 is 15.8 Å². The first-order chi connectivity index (χ1) is 9.15. The lowest BCUT2D eigenvalue weighted by molar-refractivity contribution is -0.119. The molecular formula is C14H18N2O3. The van der Waals surface area contributed by atoms with Gasteiger partial charge in [-0.3, -0.25) is 9.59 Å². The summed E-state index contributed by atoms with van der Waals surface area (Å²) in [5.41, 5.74) is 5.54. The van der Waals surface area contributed by atoms with Gasteiger partial charge in [0.05, 0.1) is 0 Å². The number of carbonyl (C=O) groups is 2. The highest BCUT2D eigenvalue weighted by Gasteiger charge is 2.18. The average molecular weight is 262 g/mol. The van der Waals surface area contributed by atoms with Crippen LogP contribution in [-0.4, -0.2) is 24.5 Å². The molecule has 102 valence electrons. The topological polar surface area (TPSA) is 81.4 Å². The van der Waals surface area contributed by atoms with Crippen LogP contribution in [-0.2, 0) is 4.79 Å². The third-order valence-corrected chi connectivity index (χ3v) is 3.17. The van der Waals surface area contributed by atoms with Crippen LogP contribution in [0, 0.1) is 0 Å². The van der Waals surface area contributed by atoms with Crippen LogP contribution < -0.4 is 15.8 Å². The number of ether oxygens (including phenoxy) is 1. The first-order valence-electron chi connectivity index (χ1n) is 6.47. The second kappa shape index (κ2) is 6.22.